The van der Waals surface area contributed by atoms with Gasteiger partial charge in [-0.2, -0.15) is 0 Å². The molecular weight excluding hydrogens is 488 g/mol. The second-order valence-corrected chi connectivity index (χ2v) is 10.3. The topological polar surface area (TPSA) is 27.7 Å². The van der Waals surface area contributed by atoms with Gasteiger partial charge in [-0.05, 0) is 54.5 Å². The van der Waals surface area contributed by atoms with E-state index in [9.17, 15) is 0 Å². The average Bonchev–Trinajstić information content (AvgIpc) is 3.63. The molecule has 1 aliphatic heterocycles. The molecule has 0 amide bonds. The van der Waals surface area contributed by atoms with Gasteiger partial charge < -0.3 is 14.2 Å². The Hall–Kier alpha value is -2.14. The van der Waals surface area contributed by atoms with Gasteiger partial charge >= 0.3 is 0 Å². The predicted octanol–water partition coefficient (Wildman–Crippen LogP) is 7.07. The standard InChI is InChI=1S/C30H33BrO3/c31-16-7-8-17-32-29-20-27(34-30(21-28(29)30)25-13-5-2-6-14-25)19-24-12-9-15-26(18-24)33-22-23-10-3-1-4-11-23/h1-6,9-15,18,27-29H,7-8,16-17,19-22H2. The van der Waals surface area contributed by atoms with Crippen LogP contribution in [-0.4, -0.2) is 24.1 Å². The van der Waals surface area contributed by atoms with E-state index in [4.69, 9.17) is 14.2 Å². The minimum atomic E-state index is -0.189. The SMILES string of the molecule is BrCCCCOC1CC(Cc2cccc(OCc3ccccc3)c2)OC2(c3ccccc3)CC12. The van der Waals surface area contributed by atoms with Crippen LogP contribution in [0.1, 0.15) is 42.4 Å². The molecule has 3 aromatic carbocycles. The lowest BCUT2D eigenvalue weighted by Crippen LogP contribution is -2.38. The fourth-order valence-electron chi connectivity index (χ4n) is 5.23. The normalized spacial score (nSPS) is 25.5. The highest BCUT2D eigenvalue weighted by Gasteiger charge is 2.64. The lowest BCUT2D eigenvalue weighted by Gasteiger charge is -2.35. The van der Waals surface area contributed by atoms with Gasteiger partial charge in [-0.15, -0.1) is 0 Å². The van der Waals surface area contributed by atoms with E-state index in [0.29, 0.717) is 12.5 Å². The van der Waals surface area contributed by atoms with Crippen molar-refractivity contribution in [2.24, 2.45) is 5.92 Å². The van der Waals surface area contributed by atoms with E-state index in [1.807, 2.05) is 24.3 Å². The molecule has 0 radical (unpaired) electrons. The van der Waals surface area contributed by atoms with Crippen molar-refractivity contribution in [2.75, 3.05) is 11.9 Å². The van der Waals surface area contributed by atoms with Crippen LogP contribution in [0.4, 0.5) is 0 Å². The minimum absolute atomic E-state index is 0.129. The summed E-state index contributed by atoms with van der Waals surface area (Å²) in [6.45, 7) is 1.40. The molecule has 0 spiro atoms. The van der Waals surface area contributed by atoms with Crippen LogP contribution in [0.5, 0.6) is 5.75 Å². The summed E-state index contributed by atoms with van der Waals surface area (Å²) in [7, 11) is 0. The van der Waals surface area contributed by atoms with Gasteiger partial charge in [-0.25, -0.2) is 0 Å². The second-order valence-electron chi connectivity index (χ2n) is 9.47. The number of rotatable bonds is 11. The van der Waals surface area contributed by atoms with Crippen molar-refractivity contribution < 1.29 is 14.2 Å². The fraction of sp³-hybridized carbons (Fsp3) is 0.400. The molecule has 0 bridgehead atoms. The highest BCUT2D eigenvalue weighted by molar-refractivity contribution is 9.09. The van der Waals surface area contributed by atoms with Gasteiger partial charge in [-0.3, -0.25) is 0 Å². The van der Waals surface area contributed by atoms with Gasteiger partial charge in [-0.1, -0.05) is 88.7 Å². The van der Waals surface area contributed by atoms with Crippen LogP contribution in [0.15, 0.2) is 84.9 Å². The first-order chi connectivity index (χ1) is 16.8. The molecule has 178 valence electrons. The molecule has 4 heteroatoms. The molecule has 4 atom stereocenters. The number of benzene rings is 3. The maximum Gasteiger partial charge on any atom is 0.120 e. The zero-order chi connectivity index (χ0) is 23.2. The van der Waals surface area contributed by atoms with Crippen molar-refractivity contribution in [3.05, 3.63) is 102 Å². The van der Waals surface area contributed by atoms with E-state index in [1.165, 1.54) is 16.7 Å². The van der Waals surface area contributed by atoms with Crippen molar-refractivity contribution in [1.82, 2.24) is 0 Å². The van der Waals surface area contributed by atoms with Crippen LogP contribution in [0.3, 0.4) is 0 Å². The zero-order valence-corrected chi connectivity index (χ0v) is 21.2. The Kier molecular flexibility index (Phi) is 7.68. The van der Waals surface area contributed by atoms with Crippen molar-refractivity contribution in [3.63, 3.8) is 0 Å². The fourth-order valence-corrected chi connectivity index (χ4v) is 5.63. The monoisotopic (exact) mass is 520 g/mol. The molecule has 1 heterocycles. The Morgan fingerprint density at radius 1 is 0.882 bits per heavy atom. The smallest absolute Gasteiger partial charge is 0.120 e. The van der Waals surface area contributed by atoms with Crippen LogP contribution >= 0.6 is 15.9 Å². The number of alkyl halides is 1. The molecule has 1 saturated heterocycles. The van der Waals surface area contributed by atoms with E-state index in [1.54, 1.807) is 0 Å². The first kappa shape index (κ1) is 23.6. The summed E-state index contributed by atoms with van der Waals surface area (Å²) in [4.78, 5) is 0. The average molecular weight is 521 g/mol. The Bertz CT molecular complexity index is 1040. The summed E-state index contributed by atoms with van der Waals surface area (Å²) >= 11 is 3.53. The van der Waals surface area contributed by atoms with Crippen LogP contribution in [-0.2, 0) is 28.1 Å². The number of fused-ring (bicyclic) bond motifs is 1. The number of hydrogen-bond donors (Lipinski definition) is 0. The van der Waals surface area contributed by atoms with Gasteiger partial charge in [0.05, 0.1) is 17.8 Å². The number of halogens is 1. The molecule has 2 fully saturated rings. The molecule has 3 aromatic rings. The number of unbranched alkanes of at least 4 members (excludes halogenated alkanes) is 1. The third kappa shape index (κ3) is 5.56. The second kappa shape index (κ2) is 11.1. The van der Waals surface area contributed by atoms with E-state index in [0.717, 1.165) is 49.8 Å². The van der Waals surface area contributed by atoms with E-state index >= 15 is 0 Å². The van der Waals surface area contributed by atoms with Gasteiger partial charge in [0.2, 0.25) is 0 Å². The third-order valence-electron chi connectivity index (χ3n) is 7.02. The third-order valence-corrected chi connectivity index (χ3v) is 7.58. The Morgan fingerprint density at radius 2 is 1.65 bits per heavy atom. The molecule has 34 heavy (non-hydrogen) atoms. The molecule has 2 aliphatic rings. The number of hydrogen-bond acceptors (Lipinski definition) is 3. The lowest BCUT2D eigenvalue weighted by molar-refractivity contribution is -0.126. The zero-order valence-electron chi connectivity index (χ0n) is 19.6. The minimum Gasteiger partial charge on any atom is -0.489 e. The highest BCUT2D eigenvalue weighted by Crippen LogP contribution is 2.61. The first-order valence-electron chi connectivity index (χ1n) is 12.4. The predicted molar refractivity (Wildman–Crippen MR) is 139 cm³/mol. The van der Waals surface area contributed by atoms with E-state index < -0.39 is 0 Å². The Labute approximate surface area is 211 Å². The Morgan fingerprint density at radius 3 is 2.44 bits per heavy atom. The molecule has 4 unspecified atom stereocenters. The number of ether oxygens (including phenoxy) is 3. The molecule has 1 aliphatic carbocycles. The highest BCUT2D eigenvalue weighted by atomic mass is 79.9. The van der Waals surface area contributed by atoms with Gasteiger partial charge in [0.15, 0.2) is 0 Å². The molecule has 5 rings (SSSR count). The quantitative estimate of drug-likeness (QED) is 0.200. The summed E-state index contributed by atoms with van der Waals surface area (Å²) < 4.78 is 19.3. The van der Waals surface area contributed by atoms with Crippen molar-refractivity contribution in [3.8, 4) is 5.75 Å². The van der Waals surface area contributed by atoms with Crippen molar-refractivity contribution in [1.29, 1.82) is 0 Å². The molecular formula is C30H33BrO3. The van der Waals surface area contributed by atoms with Gasteiger partial charge in [0, 0.05) is 24.3 Å². The maximum absolute atomic E-state index is 6.84. The molecule has 3 nitrogen and oxygen atoms in total. The summed E-state index contributed by atoms with van der Waals surface area (Å²) in [5, 5.41) is 1.03. The van der Waals surface area contributed by atoms with Crippen LogP contribution in [0, 0.1) is 5.92 Å². The summed E-state index contributed by atoms with van der Waals surface area (Å²) in [5.41, 5.74) is 3.52. The summed E-state index contributed by atoms with van der Waals surface area (Å²) in [5.74, 6) is 1.36. The van der Waals surface area contributed by atoms with E-state index in [-0.39, 0.29) is 17.8 Å². The molecule has 0 aromatic heterocycles. The van der Waals surface area contributed by atoms with E-state index in [2.05, 4.69) is 76.6 Å². The summed E-state index contributed by atoms with van der Waals surface area (Å²) in [6.07, 6.45) is 5.50. The molecule has 0 N–H and O–H groups in total. The maximum atomic E-state index is 6.84. The van der Waals surface area contributed by atoms with Crippen LogP contribution in [0.2, 0.25) is 0 Å². The van der Waals surface area contributed by atoms with Crippen LogP contribution in [0.25, 0.3) is 0 Å². The Balaban J connectivity index is 1.27. The van der Waals surface area contributed by atoms with Gasteiger partial charge in [0.25, 0.3) is 0 Å². The summed E-state index contributed by atoms with van der Waals surface area (Å²) in [6, 6.07) is 29.5. The molecule has 1 saturated carbocycles. The largest absolute Gasteiger partial charge is 0.489 e. The van der Waals surface area contributed by atoms with Gasteiger partial charge in [0.1, 0.15) is 12.4 Å². The lowest BCUT2D eigenvalue weighted by atomic mass is 9.93. The van der Waals surface area contributed by atoms with Crippen LogP contribution < -0.4 is 4.74 Å². The van der Waals surface area contributed by atoms with Crippen molar-refractivity contribution >= 4 is 15.9 Å². The van der Waals surface area contributed by atoms with Crippen molar-refractivity contribution in [2.45, 2.75) is 56.5 Å². The first-order valence-corrected chi connectivity index (χ1v) is 13.6.